The molecule has 2 aromatic heterocycles. The average Bonchev–Trinajstić information content (AvgIpc) is 3.23. The Morgan fingerprint density at radius 2 is 1.43 bits per heavy atom. The summed E-state index contributed by atoms with van der Waals surface area (Å²) >= 11 is 0. The standard InChI is InChI=1S/C24H24BN3O2/c1-23(2)24(3,4)30-25(29-23)18-11-9-17(10-12-18)22-27-20-7-5-6-8-21(20)28(22)19-13-15-26-16-14-19/h5-16H,1-4H3. The fraction of sp³-hybridized carbons (Fsp3) is 0.250. The Hall–Kier alpha value is -2.96. The van der Waals surface area contributed by atoms with Crippen molar-refractivity contribution in [1.82, 2.24) is 14.5 Å². The molecule has 1 aliphatic rings. The van der Waals surface area contributed by atoms with Crippen molar-refractivity contribution < 1.29 is 9.31 Å². The third-order valence-electron chi connectivity index (χ3n) is 6.18. The number of benzene rings is 2. The summed E-state index contributed by atoms with van der Waals surface area (Å²) in [6, 6.07) is 20.5. The summed E-state index contributed by atoms with van der Waals surface area (Å²) in [4.78, 5) is 9.07. The Bertz CT molecular complexity index is 1180. The molecule has 30 heavy (non-hydrogen) atoms. The molecular formula is C24H24BN3O2. The summed E-state index contributed by atoms with van der Waals surface area (Å²) in [6.45, 7) is 8.27. The van der Waals surface area contributed by atoms with Crippen molar-refractivity contribution >= 4 is 23.6 Å². The molecule has 0 spiro atoms. The minimum Gasteiger partial charge on any atom is -0.399 e. The highest BCUT2D eigenvalue weighted by atomic mass is 16.7. The van der Waals surface area contributed by atoms with Crippen LogP contribution in [0.3, 0.4) is 0 Å². The van der Waals surface area contributed by atoms with E-state index >= 15 is 0 Å². The molecular weight excluding hydrogens is 373 g/mol. The van der Waals surface area contributed by atoms with Gasteiger partial charge in [-0.3, -0.25) is 9.55 Å². The largest absolute Gasteiger partial charge is 0.494 e. The zero-order chi connectivity index (χ0) is 20.9. The molecule has 0 saturated carbocycles. The highest BCUT2D eigenvalue weighted by Crippen LogP contribution is 2.36. The first-order chi connectivity index (χ1) is 14.4. The van der Waals surface area contributed by atoms with E-state index in [1.807, 2.05) is 30.3 Å². The van der Waals surface area contributed by atoms with E-state index in [0.29, 0.717) is 0 Å². The molecule has 2 aromatic carbocycles. The number of aromatic nitrogens is 3. The second-order valence-corrected chi connectivity index (χ2v) is 8.68. The van der Waals surface area contributed by atoms with Crippen molar-refractivity contribution in [3.05, 3.63) is 73.1 Å². The van der Waals surface area contributed by atoms with E-state index in [1.54, 1.807) is 12.4 Å². The maximum absolute atomic E-state index is 6.19. The third-order valence-corrected chi connectivity index (χ3v) is 6.18. The van der Waals surface area contributed by atoms with Gasteiger partial charge >= 0.3 is 7.12 Å². The summed E-state index contributed by atoms with van der Waals surface area (Å²) in [5.74, 6) is 0.892. The summed E-state index contributed by atoms with van der Waals surface area (Å²) in [5.41, 5.74) is 4.38. The van der Waals surface area contributed by atoms with Gasteiger partial charge in [0, 0.05) is 18.0 Å². The Labute approximate surface area is 176 Å². The molecule has 0 unspecified atom stereocenters. The molecule has 0 N–H and O–H groups in total. The van der Waals surface area contributed by atoms with Crippen LogP contribution >= 0.6 is 0 Å². The molecule has 6 heteroatoms. The number of hydrogen-bond acceptors (Lipinski definition) is 4. The van der Waals surface area contributed by atoms with Crippen LogP contribution in [0.25, 0.3) is 28.1 Å². The molecule has 0 aliphatic carbocycles. The maximum Gasteiger partial charge on any atom is 0.494 e. The van der Waals surface area contributed by atoms with Crippen LogP contribution in [0.5, 0.6) is 0 Å². The minimum absolute atomic E-state index is 0.355. The second-order valence-electron chi connectivity index (χ2n) is 8.68. The van der Waals surface area contributed by atoms with Crippen LogP contribution in [0.15, 0.2) is 73.1 Å². The van der Waals surface area contributed by atoms with Gasteiger partial charge in [-0.25, -0.2) is 4.98 Å². The van der Waals surface area contributed by atoms with Crippen molar-refractivity contribution in [2.75, 3.05) is 0 Å². The van der Waals surface area contributed by atoms with Crippen molar-refractivity contribution in [2.24, 2.45) is 0 Å². The molecule has 5 rings (SSSR count). The summed E-state index contributed by atoms with van der Waals surface area (Å²) in [5, 5.41) is 0. The fourth-order valence-electron chi connectivity index (χ4n) is 3.74. The third kappa shape index (κ3) is 3.04. The van der Waals surface area contributed by atoms with E-state index in [0.717, 1.165) is 33.6 Å². The van der Waals surface area contributed by atoms with Crippen molar-refractivity contribution in [3.63, 3.8) is 0 Å². The van der Waals surface area contributed by atoms with Crippen LogP contribution in [0.1, 0.15) is 27.7 Å². The van der Waals surface area contributed by atoms with Gasteiger partial charge in [0.05, 0.1) is 27.9 Å². The van der Waals surface area contributed by atoms with E-state index in [4.69, 9.17) is 14.3 Å². The maximum atomic E-state index is 6.19. The lowest BCUT2D eigenvalue weighted by atomic mass is 9.79. The molecule has 0 radical (unpaired) electrons. The molecule has 4 aromatic rings. The van der Waals surface area contributed by atoms with Crippen LogP contribution in [0.2, 0.25) is 0 Å². The lowest BCUT2D eigenvalue weighted by Crippen LogP contribution is -2.41. The molecule has 0 bridgehead atoms. The monoisotopic (exact) mass is 397 g/mol. The summed E-state index contributed by atoms with van der Waals surface area (Å²) in [7, 11) is -0.372. The van der Waals surface area contributed by atoms with Crippen molar-refractivity contribution in [3.8, 4) is 17.1 Å². The number of pyridine rings is 1. The number of hydrogen-bond donors (Lipinski definition) is 0. The Morgan fingerprint density at radius 1 is 0.800 bits per heavy atom. The normalized spacial score (nSPS) is 17.5. The van der Waals surface area contributed by atoms with E-state index in [2.05, 4.69) is 67.6 Å². The van der Waals surface area contributed by atoms with Gasteiger partial charge in [0.25, 0.3) is 0 Å². The molecule has 150 valence electrons. The fourth-order valence-corrected chi connectivity index (χ4v) is 3.74. The first-order valence-electron chi connectivity index (χ1n) is 10.2. The van der Waals surface area contributed by atoms with Crippen LogP contribution in [-0.2, 0) is 9.31 Å². The van der Waals surface area contributed by atoms with Crippen LogP contribution in [0.4, 0.5) is 0 Å². The highest BCUT2D eigenvalue weighted by molar-refractivity contribution is 6.62. The number of rotatable bonds is 3. The average molecular weight is 397 g/mol. The van der Waals surface area contributed by atoms with Gasteiger partial charge in [0.15, 0.2) is 0 Å². The Kier molecular flexibility index (Phi) is 4.31. The predicted octanol–water partition coefficient (Wildman–Crippen LogP) is 4.39. The van der Waals surface area contributed by atoms with Crippen LogP contribution in [0, 0.1) is 0 Å². The molecule has 1 aliphatic heterocycles. The summed E-state index contributed by atoms with van der Waals surface area (Å²) in [6.07, 6.45) is 3.60. The van der Waals surface area contributed by atoms with E-state index in [1.165, 1.54) is 0 Å². The van der Waals surface area contributed by atoms with Gasteiger partial charge in [-0.15, -0.1) is 0 Å². The predicted molar refractivity (Wildman–Crippen MR) is 120 cm³/mol. The smallest absolute Gasteiger partial charge is 0.399 e. The zero-order valence-corrected chi connectivity index (χ0v) is 17.7. The van der Waals surface area contributed by atoms with Crippen LogP contribution < -0.4 is 5.46 Å². The van der Waals surface area contributed by atoms with Crippen molar-refractivity contribution in [2.45, 2.75) is 38.9 Å². The van der Waals surface area contributed by atoms with E-state index in [-0.39, 0.29) is 18.3 Å². The number of para-hydroxylation sites is 2. The SMILES string of the molecule is CC1(C)OB(c2ccc(-c3nc4ccccc4n3-c3ccncc3)cc2)OC1(C)C. The lowest BCUT2D eigenvalue weighted by Gasteiger charge is -2.32. The number of nitrogens with zero attached hydrogens (tertiary/aromatic N) is 3. The number of fused-ring (bicyclic) bond motifs is 1. The second kappa shape index (κ2) is 6.79. The van der Waals surface area contributed by atoms with E-state index < -0.39 is 0 Å². The topological polar surface area (TPSA) is 49.2 Å². The van der Waals surface area contributed by atoms with Gasteiger partial charge in [-0.05, 0) is 57.4 Å². The summed E-state index contributed by atoms with van der Waals surface area (Å²) < 4.78 is 14.5. The van der Waals surface area contributed by atoms with Crippen LogP contribution in [-0.4, -0.2) is 32.9 Å². The zero-order valence-electron chi connectivity index (χ0n) is 17.7. The minimum atomic E-state index is -0.372. The van der Waals surface area contributed by atoms with Gasteiger partial charge in [0.1, 0.15) is 5.82 Å². The highest BCUT2D eigenvalue weighted by Gasteiger charge is 2.51. The number of imidazole rings is 1. The lowest BCUT2D eigenvalue weighted by molar-refractivity contribution is 0.00578. The first-order valence-corrected chi connectivity index (χ1v) is 10.2. The molecule has 1 fully saturated rings. The molecule has 0 atom stereocenters. The Morgan fingerprint density at radius 3 is 2.10 bits per heavy atom. The molecule has 5 nitrogen and oxygen atoms in total. The molecule has 1 saturated heterocycles. The van der Waals surface area contributed by atoms with Gasteiger partial charge < -0.3 is 9.31 Å². The Balaban J connectivity index is 1.56. The quantitative estimate of drug-likeness (QED) is 0.482. The van der Waals surface area contributed by atoms with Gasteiger partial charge in [-0.2, -0.15) is 0 Å². The van der Waals surface area contributed by atoms with Gasteiger partial charge in [-0.1, -0.05) is 36.4 Å². The molecule has 0 amide bonds. The van der Waals surface area contributed by atoms with E-state index in [9.17, 15) is 0 Å². The van der Waals surface area contributed by atoms with Gasteiger partial charge in [0.2, 0.25) is 0 Å². The molecule has 3 heterocycles. The first kappa shape index (κ1) is 19.0. The van der Waals surface area contributed by atoms with Crippen molar-refractivity contribution in [1.29, 1.82) is 0 Å².